The predicted molar refractivity (Wildman–Crippen MR) is 107 cm³/mol. The lowest BCUT2D eigenvalue weighted by molar-refractivity contribution is 0.391. The molecule has 0 N–H and O–H groups in total. The summed E-state index contributed by atoms with van der Waals surface area (Å²) < 4.78 is 7.40. The Labute approximate surface area is 167 Å². The molecule has 0 radical (unpaired) electrons. The highest BCUT2D eigenvalue weighted by Gasteiger charge is 2.30. The van der Waals surface area contributed by atoms with E-state index in [1.165, 1.54) is 24.6 Å². The minimum absolute atomic E-state index is 0.512. The van der Waals surface area contributed by atoms with Gasteiger partial charge >= 0.3 is 0 Å². The van der Waals surface area contributed by atoms with E-state index in [4.69, 9.17) is 14.6 Å². The van der Waals surface area contributed by atoms with E-state index in [0.29, 0.717) is 23.4 Å². The molecule has 0 saturated heterocycles. The van der Waals surface area contributed by atoms with E-state index in [2.05, 4.69) is 22.3 Å². The molecule has 1 saturated carbocycles. The second kappa shape index (κ2) is 7.24. The highest BCUT2D eigenvalue weighted by Crippen LogP contribution is 2.40. The maximum atomic E-state index is 5.43. The summed E-state index contributed by atoms with van der Waals surface area (Å²) in [5.41, 5.74) is 3.16. The molecule has 0 atom stereocenters. The molecule has 0 unspecified atom stereocenters. The molecule has 5 rings (SSSR count). The zero-order chi connectivity index (χ0) is 18.9. The molecule has 0 bridgehead atoms. The van der Waals surface area contributed by atoms with Gasteiger partial charge in [0.2, 0.25) is 16.9 Å². The SMILES string of the molecule is Cc1ccccc1-c1noc(CSc2nc(C3CC3)n(-c3ccccc3)n2)n1. The molecule has 1 fully saturated rings. The first kappa shape index (κ1) is 17.2. The molecule has 1 aliphatic carbocycles. The smallest absolute Gasteiger partial charge is 0.237 e. The Kier molecular flexibility index (Phi) is 4.44. The molecule has 0 amide bonds. The fraction of sp³-hybridized carbons (Fsp3) is 0.238. The van der Waals surface area contributed by atoms with Crippen LogP contribution in [0.3, 0.4) is 0 Å². The van der Waals surface area contributed by atoms with Crippen molar-refractivity contribution in [1.82, 2.24) is 24.9 Å². The summed E-state index contributed by atoms with van der Waals surface area (Å²) in [6, 6.07) is 18.2. The highest BCUT2D eigenvalue weighted by atomic mass is 32.2. The Bertz CT molecular complexity index is 1100. The van der Waals surface area contributed by atoms with Crippen molar-refractivity contribution in [3.05, 3.63) is 71.9 Å². The summed E-state index contributed by atoms with van der Waals surface area (Å²) in [6.07, 6.45) is 2.36. The first-order valence-corrected chi connectivity index (χ1v) is 10.3. The van der Waals surface area contributed by atoms with Crippen LogP contribution in [0.2, 0.25) is 0 Å². The van der Waals surface area contributed by atoms with Crippen molar-refractivity contribution in [2.24, 2.45) is 0 Å². The number of hydrogen-bond donors (Lipinski definition) is 0. The van der Waals surface area contributed by atoms with E-state index in [-0.39, 0.29) is 0 Å². The van der Waals surface area contributed by atoms with Crippen molar-refractivity contribution in [2.45, 2.75) is 36.6 Å². The van der Waals surface area contributed by atoms with Crippen LogP contribution in [-0.2, 0) is 5.75 Å². The van der Waals surface area contributed by atoms with E-state index in [9.17, 15) is 0 Å². The standard InChI is InChI=1S/C21H19N5OS/c1-14-7-5-6-10-17(14)19-22-18(27-25-19)13-28-21-23-20(15-11-12-15)26(24-21)16-8-3-2-4-9-16/h2-10,15H,11-13H2,1H3. The van der Waals surface area contributed by atoms with Crippen LogP contribution in [0.1, 0.15) is 36.0 Å². The van der Waals surface area contributed by atoms with E-state index in [1.54, 1.807) is 0 Å². The molecular formula is C21H19N5OS. The Morgan fingerprint density at radius 2 is 1.82 bits per heavy atom. The summed E-state index contributed by atoms with van der Waals surface area (Å²) in [5, 5.41) is 9.57. The van der Waals surface area contributed by atoms with Crippen LogP contribution in [0.25, 0.3) is 17.1 Å². The molecule has 0 spiro atoms. The second-order valence-electron chi connectivity index (χ2n) is 6.89. The van der Waals surface area contributed by atoms with Gasteiger partial charge in [-0.2, -0.15) is 4.98 Å². The average molecular weight is 389 g/mol. The molecule has 140 valence electrons. The summed E-state index contributed by atoms with van der Waals surface area (Å²) in [7, 11) is 0. The summed E-state index contributed by atoms with van der Waals surface area (Å²) in [4.78, 5) is 9.30. The van der Waals surface area contributed by atoms with Crippen LogP contribution in [-0.4, -0.2) is 24.9 Å². The van der Waals surface area contributed by atoms with Gasteiger partial charge in [-0.3, -0.25) is 0 Å². The number of benzene rings is 2. The molecule has 6 nitrogen and oxygen atoms in total. The van der Waals surface area contributed by atoms with Gasteiger partial charge in [0, 0.05) is 11.5 Å². The molecule has 2 aromatic carbocycles. The molecule has 28 heavy (non-hydrogen) atoms. The van der Waals surface area contributed by atoms with Gasteiger partial charge in [-0.15, -0.1) is 5.10 Å². The number of para-hydroxylation sites is 1. The van der Waals surface area contributed by atoms with Gasteiger partial charge in [-0.1, -0.05) is 59.4 Å². The van der Waals surface area contributed by atoms with Crippen molar-refractivity contribution < 1.29 is 4.52 Å². The fourth-order valence-corrected chi connectivity index (χ4v) is 3.77. The van der Waals surface area contributed by atoms with Crippen LogP contribution in [0.4, 0.5) is 0 Å². The molecule has 2 heterocycles. The van der Waals surface area contributed by atoms with Crippen molar-refractivity contribution >= 4 is 11.8 Å². The quantitative estimate of drug-likeness (QED) is 0.441. The highest BCUT2D eigenvalue weighted by molar-refractivity contribution is 7.98. The van der Waals surface area contributed by atoms with Gasteiger partial charge in [0.05, 0.1) is 11.4 Å². The monoisotopic (exact) mass is 389 g/mol. The Balaban J connectivity index is 1.34. The summed E-state index contributed by atoms with van der Waals surface area (Å²) in [6.45, 7) is 2.04. The van der Waals surface area contributed by atoms with Crippen LogP contribution < -0.4 is 0 Å². The van der Waals surface area contributed by atoms with E-state index in [0.717, 1.165) is 27.8 Å². The Morgan fingerprint density at radius 1 is 1.04 bits per heavy atom. The lowest BCUT2D eigenvalue weighted by Gasteiger charge is -2.03. The zero-order valence-electron chi connectivity index (χ0n) is 15.4. The second-order valence-corrected chi connectivity index (χ2v) is 7.83. The van der Waals surface area contributed by atoms with Crippen LogP contribution >= 0.6 is 11.8 Å². The molecule has 4 aromatic rings. The number of nitrogens with zero attached hydrogens (tertiary/aromatic N) is 5. The van der Waals surface area contributed by atoms with Gasteiger partial charge in [-0.05, 0) is 37.5 Å². The first-order chi connectivity index (χ1) is 13.8. The minimum atomic E-state index is 0.512. The van der Waals surface area contributed by atoms with E-state index < -0.39 is 0 Å². The number of rotatable bonds is 6. The lowest BCUT2D eigenvalue weighted by atomic mass is 10.1. The van der Waals surface area contributed by atoms with Gasteiger partial charge in [0.1, 0.15) is 5.82 Å². The number of aryl methyl sites for hydroxylation is 1. The van der Waals surface area contributed by atoms with Crippen LogP contribution in [0.15, 0.2) is 64.3 Å². The zero-order valence-corrected chi connectivity index (χ0v) is 16.3. The molecule has 2 aromatic heterocycles. The van der Waals surface area contributed by atoms with Gasteiger partial charge in [0.25, 0.3) is 0 Å². The average Bonchev–Trinajstić information content (AvgIpc) is 3.31. The third-order valence-electron chi connectivity index (χ3n) is 4.73. The molecular weight excluding hydrogens is 370 g/mol. The van der Waals surface area contributed by atoms with E-state index in [1.807, 2.05) is 54.1 Å². The Morgan fingerprint density at radius 3 is 2.61 bits per heavy atom. The topological polar surface area (TPSA) is 69.6 Å². The maximum absolute atomic E-state index is 5.43. The van der Waals surface area contributed by atoms with Crippen molar-refractivity contribution in [3.8, 4) is 17.1 Å². The minimum Gasteiger partial charge on any atom is -0.338 e. The molecule has 7 heteroatoms. The fourth-order valence-electron chi connectivity index (χ4n) is 3.10. The first-order valence-electron chi connectivity index (χ1n) is 9.32. The van der Waals surface area contributed by atoms with Crippen LogP contribution in [0.5, 0.6) is 0 Å². The van der Waals surface area contributed by atoms with Gasteiger partial charge < -0.3 is 4.52 Å². The van der Waals surface area contributed by atoms with Gasteiger partial charge in [-0.25, -0.2) is 9.67 Å². The largest absolute Gasteiger partial charge is 0.338 e. The predicted octanol–water partition coefficient (Wildman–Crippen LogP) is 4.80. The summed E-state index contributed by atoms with van der Waals surface area (Å²) >= 11 is 1.52. The van der Waals surface area contributed by atoms with E-state index >= 15 is 0 Å². The third kappa shape index (κ3) is 3.45. The van der Waals surface area contributed by atoms with Crippen LogP contribution in [0, 0.1) is 6.92 Å². The molecule has 1 aliphatic rings. The van der Waals surface area contributed by atoms with Crippen molar-refractivity contribution in [2.75, 3.05) is 0 Å². The van der Waals surface area contributed by atoms with Crippen molar-refractivity contribution in [1.29, 1.82) is 0 Å². The Hall–Kier alpha value is -2.93. The number of thioether (sulfide) groups is 1. The number of hydrogen-bond acceptors (Lipinski definition) is 6. The molecule has 0 aliphatic heterocycles. The maximum Gasteiger partial charge on any atom is 0.237 e. The number of aromatic nitrogens is 5. The van der Waals surface area contributed by atoms with Crippen molar-refractivity contribution in [3.63, 3.8) is 0 Å². The third-order valence-corrected chi connectivity index (χ3v) is 5.56. The van der Waals surface area contributed by atoms with Gasteiger partial charge in [0.15, 0.2) is 0 Å². The normalized spacial score (nSPS) is 13.8. The lowest BCUT2D eigenvalue weighted by Crippen LogP contribution is -2.01. The summed E-state index contributed by atoms with van der Waals surface area (Å²) in [5.74, 6) is 3.29.